The smallest absolute Gasteiger partial charge is 0.273 e. The van der Waals surface area contributed by atoms with Gasteiger partial charge in [-0.25, -0.2) is 4.68 Å². The molecule has 0 saturated carbocycles. The van der Waals surface area contributed by atoms with E-state index in [0.29, 0.717) is 16.8 Å². The third-order valence-electron chi connectivity index (χ3n) is 5.16. The Balaban J connectivity index is 1.48. The summed E-state index contributed by atoms with van der Waals surface area (Å²) < 4.78 is 1.23. The van der Waals surface area contributed by atoms with Crippen molar-refractivity contribution in [1.29, 1.82) is 0 Å². The molecule has 5 amide bonds. The van der Waals surface area contributed by atoms with Gasteiger partial charge in [-0.3, -0.25) is 29.3 Å². The normalized spacial score (nSPS) is 17.9. The van der Waals surface area contributed by atoms with Crippen LogP contribution < -0.4 is 16.0 Å². The van der Waals surface area contributed by atoms with Crippen molar-refractivity contribution < 1.29 is 24.0 Å². The Bertz CT molecular complexity index is 1110. The summed E-state index contributed by atoms with van der Waals surface area (Å²) in [4.78, 5) is 61.9. The molecule has 1 saturated heterocycles. The van der Waals surface area contributed by atoms with Crippen LogP contribution in [0.3, 0.4) is 0 Å². The molecule has 12 nitrogen and oxygen atoms in total. The van der Waals surface area contributed by atoms with E-state index in [-0.39, 0.29) is 43.4 Å². The van der Waals surface area contributed by atoms with Gasteiger partial charge in [-0.1, -0.05) is 11.3 Å². The van der Waals surface area contributed by atoms with Crippen LogP contribution in [0.4, 0.5) is 5.69 Å². The van der Waals surface area contributed by atoms with E-state index < -0.39 is 23.8 Å². The largest absolute Gasteiger partial charge is 0.354 e. The molecule has 2 aliphatic rings. The predicted molar refractivity (Wildman–Crippen MR) is 105 cm³/mol. The number of fused-ring (bicyclic) bond motifs is 1. The minimum atomic E-state index is -0.737. The van der Waals surface area contributed by atoms with E-state index in [1.807, 2.05) is 0 Å². The summed E-state index contributed by atoms with van der Waals surface area (Å²) in [5.41, 5.74) is 1.51. The molecular weight excluding hydrogens is 406 g/mol. The number of carbonyl (C=O) groups excluding carboxylic acids is 5. The van der Waals surface area contributed by atoms with Crippen LogP contribution in [0.5, 0.6) is 0 Å². The van der Waals surface area contributed by atoms with E-state index in [1.165, 1.54) is 22.8 Å². The highest BCUT2D eigenvalue weighted by atomic mass is 16.2. The number of amides is 5. The van der Waals surface area contributed by atoms with Gasteiger partial charge >= 0.3 is 0 Å². The number of piperidine rings is 1. The lowest BCUT2D eigenvalue weighted by molar-refractivity contribution is -0.137. The fourth-order valence-corrected chi connectivity index (χ4v) is 3.65. The van der Waals surface area contributed by atoms with Crippen LogP contribution in [-0.2, 0) is 27.5 Å². The van der Waals surface area contributed by atoms with Crippen molar-refractivity contribution in [2.75, 3.05) is 12.4 Å². The highest BCUT2D eigenvalue weighted by molar-refractivity contribution is 6.06. The van der Waals surface area contributed by atoms with Crippen molar-refractivity contribution in [1.82, 2.24) is 30.5 Å². The molecule has 3 heterocycles. The molecule has 2 aliphatic heterocycles. The number of anilines is 1. The molecule has 0 spiro atoms. The van der Waals surface area contributed by atoms with Crippen LogP contribution in [0.15, 0.2) is 24.4 Å². The number of carbonyl (C=O) groups is 5. The third kappa shape index (κ3) is 3.86. The second kappa shape index (κ2) is 7.97. The molecule has 1 aromatic heterocycles. The fraction of sp³-hybridized carbons (Fsp3) is 0.316. The van der Waals surface area contributed by atoms with Gasteiger partial charge in [-0.15, -0.1) is 5.10 Å². The van der Waals surface area contributed by atoms with E-state index in [9.17, 15) is 24.0 Å². The monoisotopic (exact) mass is 425 g/mol. The zero-order chi connectivity index (χ0) is 22.1. The Hall–Kier alpha value is -4.09. The number of imide groups is 1. The summed E-state index contributed by atoms with van der Waals surface area (Å²) in [5.74, 6) is -2.02. The van der Waals surface area contributed by atoms with Gasteiger partial charge < -0.3 is 15.5 Å². The predicted octanol–water partition coefficient (Wildman–Crippen LogP) is -0.963. The molecule has 0 aliphatic carbocycles. The minimum Gasteiger partial charge on any atom is -0.354 e. The van der Waals surface area contributed by atoms with E-state index in [1.54, 1.807) is 18.2 Å². The molecular formula is C19H19N7O5. The quantitative estimate of drug-likeness (QED) is 0.521. The standard InChI is InChI=1S/C19H19N7O5/c1-20-17(29)13-8-25(24-23-13)9-16(28)21-12-4-2-3-10-11(12)7-26(19(10)31)14-5-6-15(27)22-18(14)30/h2-4,8,14H,5-7,9H2,1H3,(H,20,29)(H,21,28)(H,22,27,30). The van der Waals surface area contributed by atoms with Gasteiger partial charge in [0.05, 0.1) is 6.20 Å². The molecule has 1 atom stereocenters. The van der Waals surface area contributed by atoms with Gasteiger partial charge in [0, 0.05) is 36.8 Å². The number of hydrogen-bond donors (Lipinski definition) is 3. The maximum absolute atomic E-state index is 12.8. The lowest BCUT2D eigenvalue weighted by atomic mass is 10.0. The Morgan fingerprint density at radius 1 is 1.26 bits per heavy atom. The molecule has 0 radical (unpaired) electrons. The average molecular weight is 425 g/mol. The third-order valence-corrected chi connectivity index (χ3v) is 5.16. The van der Waals surface area contributed by atoms with E-state index in [4.69, 9.17) is 0 Å². The number of aromatic nitrogens is 3. The molecule has 3 N–H and O–H groups in total. The minimum absolute atomic E-state index is 0.0846. The first-order valence-corrected chi connectivity index (χ1v) is 9.56. The number of nitrogens with zero attached hydrogens (tertiary/aromatic N) is 4. The second-order valence-corrected chi connectivity index (χ2v) is 7.16. The average Bonchev–Trinajstić information content (AvgIpc) is 3.33. The van der Waals surface area contributed by atoms with Crippen LogP contribution in [0.2, 0.25) is 0 Å². The van der Waals surface area contributed by atoms with Crippen LogP contribution in [0.25, 0.3) is 0 Å². The molecule has 4 rings (SSSR count). The zero-order valence-electron chi connectivity index (χ0n) is 16.5. The van der Waals surface area contributed by atoms with E-state index >= 15 is 0 Å². The zero-order valence-corrected chi connectivity index (χ0v) is 16.5. The molecule has 2 aromatic rings. The van der Waals surface area contributed by atoms with Crippen molar-refractivity contribution in [3.63, 3.8) is 0 Å². The highest BCUT2D eigenvalue weighted by Crippen LogP contribution is 2.32. The highest BCUT2D eigenvalue weighted by Gasteiger charge is 2.39. The molecule has 1 fully saturated rings. The maximum Gasteiger partial charge on any atom is 0.273 e. The first-order valence-electron chi connectivity index (χ1n) is 9.56. The van der Waals surface area contributed by atoms with Crippen LogP contribution in [0, 0.1) is 0 Å². The number of benzene rings is 1. The summed E-state index contributed by atoms with van der Waals surface area (Å²) in [6.45, 7) is -0.0422. The van der Waals surface area contributed by atoms with Crippen molar-refractivity contribution in [2.45, 2.75) is 32.0 Å². The van der Waals surface area contributed by atoms with Gasteiger partial charge in [-0.05, 0) is 18.6 Å². The lowest BCUT2D eigenvalue weighted by Crippen LogP contribution is -2.52. The summed E-state index contributed by atoms with van der Waals surface area (Å²) in [7, 11) is 1.46. The molecule has 160 valence electrons. The Labute approximate surface area is 176 Å². The van der Waals surface area contributed by atoms with Crippen molar-refractivity contribution in [3.05, 3.63) is 41.2 Å². The van der Waals surface area contributed by atoms with E-state index in [0.717, 1.165) is 0 Å². The maximum atomic E-state index is 12.8. The van der Waals surface area contributed by atoms with Gasteiger partial charge in [0.15, 0.2) is 5.69 Å². The van der Waals surface area contributed by atoms with E-state index in [2.05, 4.69) is 26.3 Å². The molecule has 31 heavy (non-hydrogen) atoms. The second-order valence-electron chi connectivity index (χ2n) is 7.16. The summed E-state index contributed by atoms with van der Waals surface area (Å²) >= 11 is 0. The Kier molecular flexibility index (Phi) is 5.19. The molecule has 1 aromatic carbocycles. The summed E-state index contributed by atoms with van der Waals surface area (Å²) in [6, 6.07) is 4.19. The molecule has 12 heteroatoms. The fourth-order valence-electron chi connectivity index (χ4n) is 3.65. The van der Waals surface area contributed by atoms with Crippen molar-refractivity contribution in [2.24, 2.45) is 0 Å². The van der Waals surface area contributed by atoms with Crippen LogP contribution in [0.1, 0.15) is 39.3 Å². The lowest BCUT2D eigenvalue weighted by Gasteiger charge is -2.29. The number of rotatable bonds is 5. The van der Waals surface area contributed by atoms with Crippen LogP contribution in [-0.4, -0.2) is 62.5 Å². The Morgan fingerprint density at radius 3 is 2.81 bits per heavy atom. The summed E-state index contributed by atoms with van der Waals surface area (Å²) in [6.07, 6.45) is 1.77. The van der Waals surface area contributed by atoms with Crippen molar-refractivity contribution in [3.8, 4) is 0 Å². The Morgan fingerprint density at radius 2 is 2.06 bits per heavy atom. The first-order chi connectivity index (χ1) is 14.9. The van der Waals surface area contributed by atoms with Gasteiger partial charge in [0.25, 0.3) is 11.8 Å². The van der Waals surface area contributed by atoms with Gasteiger partial charge in [0.1, 0.15) is 12.6 Å². The topological polar surface area (TPSA) is 155 Å². The number of hydrogen-bond acceptors (Lipinski definition) is 7. The first kappa shape index (κ1) is 20.2. The van der Waals surface area contributed by atoms with Crippen molar-refractivity contribution >= 4 is 35.2 Å². The number of nitrogens with one attached hydrogen (secondary N) is 3. The van der Waals surface area contributed by atoms with Gasteiger partial charge in [0.2, 0.25) is 17.7 Å². The molecule has 0 bridgehead atoms. The SMILES string of the molecule is CNC(=O)c1cn(CC(=O)Nc2cccc3c2CN(C2CCC(=O)NC2=O)C3=O)nn1. The summed E-state index contributed by atoms with van der Waals surface area (Å²) in [5, 5.41) is 14.9. The van der Waals surface area contributed by atoms with Gasteiger partial charge in [-0.2, -0.15) is 0 Å². The van der Waals surface area contributed by atoms with Crippen LogP contribution >= 0.6 is 0 Å². The molecule has 1 unspecified atom stereocenters.